The molecule has 0 spiro atoms. The van der Waals surface area contributed by atoms with Crippen molar-refractivity contribution < 1.29 is 18.7 Å². The van der Waals surface area contributed by atoms with Gasteiger partial charge in [0.15, 0.2) is 0 Å². The lowest BCUT2D eigenvalue weighted by molar-refractivity contribution is -0.119. The Morgan fingerprint density at radius 1 is 1.12 bits per heavy atom. The van der Waals surface area contributed by atoms with Crippen molar-refractivity contribution in [1.29, 1.82) is 0 Å². The van der Waals surface area contributed by atoms with E-state index in [0.29, 0.717) is 25.5 Å². The van der Waals surface area contributed by atoms with Gasteiger partial charge in [-0.05, 0) is 63.3 Å². The topological polar surface area (TPSA) is 66.9 Å². The molecule has 8 heteroatoms. The molecule has 1 aromatic heterocycles. The number of carbonyl (C=O) groups is 1. The Kier molecular flexibility index (Phi) is 6.02. The van der Waals surface area contributed by atoms with Gasteiger partial charge in [-0.25, -0.2) is 9.37 Å². The molecule has 3 aliphatic rings. The first-order valence-electron chi connectivity index (χ1n) is 12.2. The number of alkyl halides is 1. The molecule has 1 N–H and O–H groups in total. The van der Waals surface area contributed by atoms with E-state index in [4.69, 9.17) is 9.47 Å². The van der Waals surface area contributed by atoms with E-state index >= 15 is 0 Å². The van der Waals surface area contributed by atoms with Crippen LogP contribution in [0.5, 0.6) is 0 Å². The fraction of sp³-hybridized carbons (Fsp3) is 0.615. The van der Waals surface area contributed by atoms with Crippen LogP contribution < -0.4 is 10.2 Å². The van der Waals surface area contributed by atoms with Crippen molar-refractivity contribution in [2.24, 2.45) is 5.92 Å². The molecule has 3 aliphatic heterocycles. The third kappa shape index (κ3) is 4.39. The highest BCUT2D eigenvalue weighted by molar-refractivity contribution is 5.95. The number of pyridine rings is 1. The second kappa shape index (κ2) is 8.73. The monoisotopic (exact) mass is 470 g/mol. The first-order chi connectivity index (χ1) is 16.1. The number of aryl methyl sites for hydroxylation is 1. The quantitative estimate of drug-likeness (QED) is 0.737. The first kappa shape index (κ1) is 23.5. The summed E-state index contributed by atoms with van der Waals surface area (Å²) in [4.78, 5) is 21.8. The fourth-order valence-electron chi connectivity index (χ4n) is 5.53. The van der Waals surface area contributed by atoms with Crippen LogP contribution >= 0.6 is 0 Å². The van der Waals surface area contributed by atoms with Gasteiger partial charge < -0.3 is 19.7 Å². The Morgan fingerprint density at radius 3 is 2.53 bits per heavy atom. The molecule has 184 valence electrons. The number of fused-ring (bicyclic) bond motifs is 1. The fourth-order valence-corrected chi connectivity index (χ4v) is 5.53. The highest BCUT2D eigenvalue weighted by Crippen LogP contribution is 2.33. The van der Waals surface area contributed by atoms with Crippen molar-refractivity contribution in [3.63, 3.8) is 0 Å². The lowest BCUT2D eigenvalue weighted by Gasteiger charge is -2.45. The van der Waals surface area contributed by atoms with Gasteiger partial charge in [0.25, 0.3) is 0 Å². The number of nitrogens with one attached hydrogen (secondary N) is 1. The van der Waals surface area contributed by atoms with E-state index in [9.17, 15) is 9.18 Å². The van der Waals surface area contributed by atoms with Crippen molar-refractivity contribution in [3.05, 3.63) is 30.0 Å². The van der Waals surface area contributed by atoms with E-state index in [1.807, 2.05) is 33.0 Å². The third-order valence-electron chi connectivity index (χ3n) is 7.75. The maximum atomic E-state index is 14.5. The highest BCUT2D eigenvalue weighted by atomic mass is 19.1. The maximum Gasteiger partial charge on any atom is 0.231 e. The van der Waals surface area contributed by atoms with Gasteiger partial charge in [-0.2, -0.15) is 0 Å². The molecule has 3 atom stereocenters. The minimum atomic E-state index is -0.940. The summed E-state index contributed by atoms with van der Waals surface area (Å²) in [6.07, 6.45) is 1.58. The number of halogens is 1. The second-order valence-corrected chi connectivity index (χ2v) is 10.8. The van der Waals surface area contributed by atoms with Crippen LogP contribution in [-0.2, 0) is 14.3 Å². The van der Waals surface area contributed by atoms with Gasteiger partial charge in [0.2, 0.25) is 5.91 Å². The van der Waals surface area contributed by atoms with E-state index in [0.717, 1.165) is 37.0 Å². The molecule has 0 saturated carbocycles. The summed E-state index contributed by atoms with van der Waals surface area (Å²) in [5.41, 5.74) is 1.57. The number of carbonyl (C=O) groups excluding carboxylic acids is 1. The van der Waals surface area contributed by atoms with E-state index < -0.39 is 11.7 Å². The number of ether oxygens (including phenoxy) is 2. The molecule has 34 heavy (non-hydrogen) atoms. The number of hydrogen-bond acceptors (Lipinski definition) is 6. The number of benzene rings is 1. The lowest BCUT2D eigenvalue weighted by Crippen LogP contribution is -2.59. The van der Waals surface area contributed by atoms with E-state index in [1.165, 1.54) is 11.3 Å². The first-order valence-corrected chi connectivity index (χ1v) is 12.2. The van der Waals surface area contributed by atoms with Crippen molar-refractivity contribution in [3.8, 4) is 0 Å². The van der Waals surface area contributed by atoms with Gasteiger partial charge in [-0.3, -0.25) is 9.69 Å². The SMILES string of the molecule is Cc1cc2cnc(NC(=O)C3COC(C)(C)C3)cc2cc1N1CCN([C@]2(C)COC[C@@H]2F)CC1. The molecule has 0 bridgehead atoms. The van der Waals surface area contributed by atoms with Crippen molar-refractivity contribution in [1.82, 2.24) is 9.88 Å². The summed E-state index contributed by atoms with van der Waals surface area (Å²) in [5, 5.41) is 5.05. The minimum Gasteiger partial charge on any atom is -0.376 e. The third-order valence-corrected chi connectivity index (χ3v) is 7.75. The largest absolute Gasteiger partial charge is 0.376 e. The number of anilines is 2. The average Bonchev–Trinajstić information content (AvgIpc) is 3.35. The van der Waals surface area contributed by atoms with Crippen LogP contribution in [0.25, 0.3) is 10.8 Å². The van der Waals surface area contributed by atoms with Crippen molar-refractivity contribution in [2.45, 2.75) is 51.4 Å². The molecule has 1 aromatic carbocycles. The summed E-state index contributed by atoms with van der Waals surface area (Å²) in [5.74, 6) is 0.356. The maximum absolute atomic E-state index is 14.5. The Morgan fingerprint density at radius 2 is 1.88 bits per heavy atom. The minimum absolute atomic E-state index is 0.0450. The molecule has 7 nitrogen and oxygen atoms in total. The second-order valence-electron chi connectivity index (χ2n) is 10.8. The molecule has 1 amide bonds. The Hall–Kier alpha value is -2.29. The molecule has 1 unspecified atom stereocenters. The summed E-state index contributed by atoms with van der Waals surface area (Å²) in [6, 6.07) is 6.27. The summed E-state index contributed by atoms with van der Waals surface area (Å²) >= 11 is 0. The van der Waals surface area contributed by atoms with Gasteiger partial charge in [0.1, 0.15) is 12.0 Å². The molecular weight excluding hydrogens is 435 g/mol. The molecule has 5 rings (SSSR count). The van der Waals surface area contributed by atoms with Crippen LogP contribution in [0.3, 0.4) is 0 Å². The molecule has 3 fully saturated rings. The normalized spacial score (nSPS) is 29.6. The summed E-state index contributed by atoms with van der Waals surface area (Å²) in [6.45, 7) is 12.5. The zero-order valence-corrected chi connectivity index (χ0v) is 20.6. The molecule has 3 saturated heterocycles. The Balaban J connectivity index is 1.30. The zero-order valence-electron chi connectivity index (χ0n) is 20.6. The number of amides is 1. The van der Waals surface area contributed by atoms with Crippen molar-refractivity contribution >= 4 is 28.2 Å². The molecule has 0 aliphatic carbocycles. The molecule has 2 aromatic rings. The van der Waals surface area contributed by atoms with Gasteiger partial charge >= 0.3 is 0 Å². The predicted molar refractivity (Wildman–Crippen MR) is 131 cm³/mol. The van der Waals surface area contributed by atoms with Crippen LogP contribution in [-0.4, -0.2) is 79.1 Å². The van der Waals surface area contributed by atoms with Crippen LogP contribution in [0.4, 0.5) is 15.9 Å². The van der Waals surface area contributed by atoms with Gasteiger partial charge in [0.05, 0.1) is 36.9 Å². The summed E-state index contributed by atoms with van der Waals surface area (Å²) < 4.78 is 25.6. The number of rotatable bonds is 4. The van der Waals surface area contributed by atoms with E-state index in [1.54, 1.807) is 0 Å². The standard InChI is InChI=1S/C26H35FN4O3/c1-17-9-19-13-28-23(29-24(32)20-12-25(2,3)34-14-20)11-18(19)10-21(17)30-5-7-31(8-6-30)26(4)16-33-15-22(26)27/h9-11,13,20,22H,5-8,12,14-16H2,1-4H3,(H,28,29,32)/t20?,22-,26+/m0/s1. The van der Waals surface area contributed by atoms with Gasteiger partial charge in [-0.1, -0.05) is 0 Å². The van der Waals surface area contributed by atoms with Crippen LogP contribution in [0.15, 0.2) is 24.4 Å². The van der Waals surface area contributed by atoms with Crippen LogP contribution in [0.2, 0.25) is 0 Å². The molecule has 0 radical (unpaired) electrons. The number of piperazine rings is 1. The number of hydrogen-bond donors (Lipinski definition) is 1. The molecular formula is C26H35FN4O3. The van der Waals surface area contributed by atoms with Gasteiger partial charge in [-0.15, -0.1) is 0 Å². The number of aromatic nitrogens is 1. The number of nitrogens with zero attached hydrogens (tertiary/aromatic N) is 3. The van der Waals surface area contributed by atoms with Gasteiger partial charge in [0, 0.05) is 43.4 Å². The Bertz CT molecular complexity index is 1090. The van der Waals surface area contributed by atoms with E-state index in [-0.39, 0.29) is 24.0 Å². The van der Waals surface area contributed by atoms with E-state index in [2.05, 4.69) is 39.2 Å². The lowest BCUT2D eigenvalue weighted by atomic mass is 9.96. The van der Waals surface area contributed by atoms with Crippen LogP contribution in [0.1, 0.15) is 32.8 Å². The van der Waals surface area contributed by atoms with Crippen molar-refractivity contribution in [2.75, 3.05) is 56.2 Å². The highest BCUT2D eigenvalue weighted by Gasteiger charge is 2.46. The smallest absolute Gasteiger partial charge is 0.231 e. The van der Waals surface area contributed by atoms with Crippen LogP contribution in [0, 0.1) is 12.8 Å². The predicted octanol–water partition coefficient (Wildman–Crippen LogP) is 3.55. The summed E-state index contributed by atoms with van der Waals surface area (Å²) in [7, 11) is 0. The average molecular weight is 471 g/mol. The zero-order chi connectivity index (χ0) is 24.1. The Labute approximate surface area is 200 Å². The molecule has 4 heterocycles.